The largest absolute Gasteiger partial charge is 0.434 e. The van der Waals surface area contributed by atoms with Crippen LogP contribution in [0.1, 0.15) is 29.3 Å². The van der Waals surface area contributed by atoms with E-state index < -0.39 is 18.0 Å². The maximum Gasteiger partial charge on any atom is 0.434 e. The van der Waals surface area contributed by atoms with Crippen molar-refractivity contribution < 1.29 is 18.3 Å². The highest BCUT2D eigenvalue weighted by Gasteiger charge is 2.33. The van der Waals surface area contributed by atoms with Gasteiger partial charge in [0.25, 0.3) is 0 Å². The predicted octanol–water partition coefficient (Wildman–Crippen LogP) is 2.59. The van der Waals surface area contributed by atoms with Crippen molar-refractivity contribution in [2.24, 2.45) is 0 Å². The molecule has 1 fully saturated rings. The number of alkyl halides is 3. The number of anilines is 1. The number of β-amino-alcohol motifs (C(OH)–C–C–N with tert-alkyl or cyclic N) is 1. The van der Waals surface area contributed by atoms with Gasteiger partial charge in [0, 0.05) is 37.1 Å². The lowest BCUT2D eigenvalue weighted by Gasteiger charge is -2.36. The zero-order valence-electron chi connectivity index (χ0n) is 17.0. The number of aliphatic hydroxyl groups is 1. The highest BCUT2D eigenvalue weighted by molar-refractivity contribution is 5.58. The Morgan fingerprint density at radius 3 is 2.72 bits per heavy atom. The summed E-state index contributed by atoms with van der Waals surface area (Å²) in [6.07, 6.45) is 2.15. The van der Waals surface area contributed by atoms with Crippen molar-refractivity contribution >= 4 is 11.5 Å². The van der Waals surface area contributed by atoms with Crippen molar-refractivity contribution in [1.82, 2.24) is 34.5 Å². The van der Waals surface area contributed by atoms with Gasteiger partial charge in [-0.25, -0.2) is 19.9 Å². The van der Waals surface area contributed by atoms with Crippen LogP contribution in [-0.4, -0.2) is 58.8 Å². The van der Waals surface area contributed by atoms with E-state index in [2.05, 4.69) is 30.1 Å². The number of imidazole rings is 1. The highest BCUT2D eigenvalue weighted by Crippen LogP contribution is 2.32. The number of aryl methyl sites for hydroxylation is 1. The van der Waals surface area contributed by atoms with Gasteiger partial charge in [-0.05, 0) is 25.0 Å². The number of piperidine rings is 1. The number of rotatable bonds is 3. The summed E-state index contributed by atoms with van der Waals surface area (Å²) in [6, 6.07) is 1.72. The van der Waals surface area contributed by atoms with Crippen LogP contribution in [0, 0.1) is 6.92 Å². The summed E-state index contributed by atoms with van der Waals surface area (Å²) in [6.45, 7) is 2.94. The summed E-state index contributed by atoms with van der Waals surface area (Å²) in [5.41, 5.74) is 1.53. The summed E-state index contributed by atoms with van der Waals surface area (Å²) in [5, 5.41) is 17.5. The first kappa shape index (κ1) is 20.4. The fraction of sp³-hybridized carbons (Fsp3) is 0.350. The number of halogens is 3. The third-order valence-corrected chi connectivity index (χ3v) is 5.62. The van der Waals surface area contributed by atoms with Gasteiger partial charge >= 0.3 is 6.18 Å². The average Bonchev–Trinajstić information content (AvgIpc) is 3.38. The van der Waals surface area contributed by atoms with Crippen LogP contribution in [0.25, 0.3) is 17.2 Å². The molecule has 1 aliphatic rings. The van der Waals surface area contributed by atoms with Gasteiger partial charge in [-0.15, -0.1) is 0 Å². The molecular formula is C20H19F3N8O. The Morgan fingerprint density at radius 1 is 1.12 bits per heavy atom. The van der Waals surface area contributed by atoms with Gasteiger partial charge in [-0.3, -0.25) is 9.50 Å². The number of fused-ring (bicyclic) bond motifs is 1. The molecule has 5 heterocycles. The SMILES string of the molecule is Cc1[nH]ncc1C1C[C@@H](O)CN(c2ccnc(-c3cnc4cnc(C(F)(F)F)cn34)n2)C1. The number of hydrogen-bond acceptors (Lipinski definition) is 7. The Hall–Kier alpha value is -3.54. The van der Waals surface area contributed by atoms with Gasteiger partial charge in [-0.1, -0.05) is 0 Å². The van der Waals surface area contributed by atoms with Gasteiger partial charge in [0.05, 0.1) is 24.7 Å². The van der Waals surface area contributed by atoms with Gasteiger partial charge in [-0.2, -0.15) is 18.3 Å². The van der Waals surface area contributed by atoms with Crippen LogP contribution in [-0.2, 0) is 6.18 Å². The molecule has 5 rings (SSSR count). The first-order valence-electron chi connectivity index (χ1n) is 9.96. The molecule has 1 unspecified atom stereocenters. The van der Waals surface area contributed by atoms with Crippen molar-refractivity contribution in [2.75, 3.05) is 18.0 Å². The molecule has 2 N–H and O–H groups in total. The Bertz CT molecular complexity index is 1270. The van der Waals surface area contributed by atoms with Crippen LogP contribution < -0.4 is 4.90 Å². The van der Waals surface area contributed by atoms with Crippen LogP contribution >= 0.6 is 0 Å². The van der Waals surface area contributed by atoms with E-state index in [9.17, 15) is 18.3 Å². The molecule has 2 atom stereocenters. The van der Waals surface area contributed by atoms with E-state index in [-0.39, 0.29) is 17.4 Å². The number of hydrogen-bond donors (Lipinski definition) is 2. The Balaban J connectivity index is 1.49. The number of aromatic amines is 1. The summed E-state index contributed by atoms with van der Waals surface area (Å²) in [7, 11) is 0. The van der Waals surface area contributed by atoms with Gasteiger partial charge in [0.1, 0.15) is 11.5 Å². The molecule has 0 aromatic carbocycles. The van der Waals surface area contributed by atoms with E-state index >= 15 is 0 Å². The molecule has 0 spiro atoms. The molecule has 4 aromatic rings. The number of aromatic nitrogens is 7. The molecule has 12 heteroatoms. The summed E-state index contributed by atoms with van der Waals surface area (Å²) >= 11 is 0. The minimum atomic E-state index is -4.58. The van der Waals surface area contributed by atoms with E-state index in [4.69, 9.17) is 0 Å². The minimum absolute atomic E-state index is 0.0622. The van der Waals surface area contributed by atoms with Crippen molar-refractivity contribution in [2.45, 2.75) is 31.5 Å². The normalized spacial score (nSPS) is 19.6. The lowest BCUT2D eigenvalue weighted by atomic mass is 9.89. The number of H-pyrrole nitrogens is 1. The van der Waals surface area contributed by atoms with E-state index in [1.807, 2.05) is 11.8 Å². The maximum absolute atomic E-state index is 13.1. The summed E-state index contributed by atoms with van der Waals surface area (Å²) < 4.78 is 40.6. The molecule has 1 saturated heterocycles. The van der Waals surface area contributed by atoms with Crippen LogP contribution in [0.15, 0.2) is 37.1 Å². The topological polar surface area (TPSA) is 108 Å². The van der Waals surface area contributed by atoms with Crippen LogP contribution in [0.3, 0.4) is 0 Å². The fourth-order valence-electron chi connectivity index (χ4n) is 4.11. The van der Waals surface area contributed by atoms with Crippen molar-refractivity contribution in [3.63, 3.8) is 0 Å². The highest BCUT2D eigenvalue weighted by atomic mass is 19.4. The molecule has 1 aliphatic heterocycles. The Kier molecular flexibility index (Phi) is 4.81. The monoisotopic (exact) mass is 444 g/mol. The lowest BCUT2D eigenvalue weighted by Crippen LogP contribution is -2.42. The molecule has 9 nitrogen and oxygen atoms in total. The zero-order valence-corrected chi connectivity index (χ0v) is 17.0. The second-order valence-electron chi connectivity index (χ2n) is 7.82. The zero-order chi connectivity index (χ0) is 22.5. The molecule has 0 saturated carbocycles. The maximum atomic E-state index is 13.1. The summed E-state index contributed by atoms with van der Waals surface area (Å²) in [5.74, 6) is 0.859. The van der Waals surface area contributed by atoms with Crippen molar-refractivity contribution in [3.8, 4) is 11.5 Å². The third kappa shape index (κ3) is 3.66. The Labute approximate surface area is 180 Å². The fourth-order valence-corrected chi connectivity index (χ4v) is 4.11. The van der Waals surface area contributed by atoms with Gasteiger partial charge in [0.15, 0.2) is 17.2 Å². The van der Waals surface area contributed by atoms with Crippen molar-refractivity contribution in [1.29, 1.82) is 0 Å². The minimum Gasteiger partial charge on any atom is -0.391 e. The van der Waals surface area contributed by atoms with E-state index in [1.165, 1.54) is 10.6 Å². The molecule has 4 aromatic heterocycles. The van der Waals surface area contributed by atoms with Crippen LogP contribution in [0.4, 0.5) is 19.0 Å². The molecule has 0 amide bonds. The molecule has 0 aliphatic carbocycles. The van der Waals surface area contributed by atoms with E-state index in [1.54, 1.807) is 18.5 Å². The van der Waals surface area contributed by atoms with Gasteiger partial charge < -0.3 is 10.0 Å². The molecular weight excluding hydrogens is 425 g/mol. The number of nitrogens with zero attached hydrogens (tertiary/aromatic N) is 7. The standard InChI is InChI=1S/C20H19F3N8O/c1-11-14(5-27-29-11)12-4-13(32)9-30(8-12)17-2-3-24-19(28-17)15-6-26-18-7-25-16(10-31(15)18)20(21,22)23/h2-3,5-7,10,12-13,32H,4,8-9H2,1H3,(H,27,29)/t12?,13-/m1/s1. The predicted molar refractivity (Wildman–Crippen MR) is 108 cm³/mol. The van der Waals surface area contributed by atoms with Crippen LogP contribution in [0.5, 0.6) is 0 Å². The van der Waals surface area contributed by atoms with Crippen LogP contribution in [0.2, 0.25) is 0 Å². The molecule has 32 heavy (non-hydrogen) atoms. The van der Waals surface area contributed by atoms with Gasteiger partial charge in [0.2, 0.25) is 0 Å². The molecule has 0 bridgehead atoms. The second kappa shape index (κ2) is 7.55. The van der Waals surface area contributed by atoms with E-state index in [0.29, 0.717) is 31.0 Å². The summed E-state index contributed by atoms with van der Waals surface area (Å²) in [4.78, 5) is 18.3. The first-order chi connectivity index (χ1) is 15.3. The Morgan fingerprint density at radius 2 is 1.97 bits per heavy atom. The van der Waals surface area contributed by atoms with E-state index in [0.717, 1.165) is 23.7 Å². The smallest absolute Gasteiger partial charge is 0.391 e. The first-order valence-corrected chi connectivity index (χ1v) is 9.96. The van der Waals surface area contributed by atoms with Crippen molar-refractivity contribution in [3.05, 3.63) is 54.0 Å². The lowest BCUT2D eigenvalue weighted by molar-refractivity contribution is -0.141. The molecule has 0 radical (unpaired) electrons. The number of aliphatic hydroxyl groups excluding tert-OH is 1. The third-order valence-electron chi connectivity index (χ3n) is 5.62. The molecule has 166 valence electrons. The average molecular weight is 444 g/mol. The quantitative estimate of drug-likeness (QED) is 0.500. The second-order valence-corrected chi connectivity index (χ2v) is 7.82. The number of nitrogens with one attached hydrogen (secondary N) is 1.